The Morgan fingerprint density at radius 3 is 1.39 bits per heavy atom. The van der Waals surface area contributed by atoms with E-state index in [1.165, 1.54) is 26.4 Å². The Morgan fingerprint density at radius 1 is 0.674 bits per heavy atom. The third kappa shape index (κ3) is 7.45. The summed E-state index contributed by atoms with van der Waals surface area (Å²) in [6.07, 6.45) is 2.38. The van der Waals surface area contributed by atoms with Crippen molar-refractivity contribution >= 4 is 69.9 Å². The number of imide groups is 2. The van der Waals surface area contributed by atoms with Crippen LogP contribution in [0, 0.1) is 0 Å². The molecule has 2 aliphatic rings. The van der Waals surface area contributed by atoms with Crippen LogP contribution in [0.25, 0.3) is 12.2 Å². The molecule has 2 unspecified atom stereocenters. The molecule has 0 bridgehead atoms. The molecule has 46 heavy (non-hydrogen) atoms. The number of carbonyl (C=O) groups is 6. The fourth-order valence-electron chi connectivity index (χ4n) is 4.85. The van der Waals surface area contributed by atoms with Crippen molar-refractivity contribution in [1.82, 2.24) is 9.80 Å². The largest absolute Gasteiger partial charge is 0.496 e. The highest BCUT2D eigenvalue weighted by Gasteiger charge is 2.47. The number of para-hydroxylation sites is 2. The highest BCUT2D eigenvalue weighted by Crippen LogP contribution is 2.38. The Kier molecular flexibility index (Phi) is 11.7. The van der Waals surface area contributed by atoms with E-state index >= 15 is 0 Å². The summed E-state index contributed by atoms with van der Waals surface area (Å²) in [7, 11) is 2.95. The van der Waals surface area contributed by atoms with Crippen LogP contribution in [0.2, 0.25) is 0 Å². The summed E-state index contributed by atoms with van der Waals surface area (Å²) in [5, 5.41) is -1.44. The van der Waals surface area contributed by atoms with Gasteiger partial charge in [-0.1, -0.05) is 36.4 Å². The summed E-state index contributed by atoms with van der Waals surface area (Å²) in [5.41, 5.74) is 1.09. The van der Waals surface area contributed by atoms with E-state index in [0.29, 0.717) is 46.1 Å². The van der Waals surface area contributed by atoms with Crippen molar-refractivity contribution in [2.45, 2.75) is 38.8 Å². The maximum absolute atomic E-state index is 13.5. The number of rotatable bonds is 13. The van der Waals surface area contributed by atoms with Crippen LogP contribution in [0.4, 0.5) is 9.59 Å². The molecule has 0 radical (unpaired) electrons. The molecule has 2 aliphatic heterocycles. The molecule has 4 amide bonds. The lowest BCUT2D eigenvalue weighted by molar-refractivity contribution is -0.154. The van der Waals surface area contributed by atoms with Crippen LogP contribution in [0.15, 0.2) is 58.3 Å². The number of amides is 4. The van der Waals surface area contributed by atoms with Gasteiger partial charge in [0.05, 0.1) is 37.2 Å². The summed E-state index contributed by atoms with van der Waals surface area (Å²) in [6, 6.07) is 10.9. The number of hydrogen-bond donors (Lipinski definition) is 0. The smallest absolute Gasteiger partial charge is 0.329 e. The van der Waals surface area contributed by atoms with Gasteiger partial charge in [-0.3, -0.25) is 29.0 Å². The Labute approximate surface area is 274 Å². The average Bonchev–Trinajstić information content (AvgIpc) is 3.47. The summed E-state index contributed by atoms with van der Waals surface area (Å²) in [4.78, 5) is 81.3. The van der Waals surface area contributed by atoms with E-state index in [9.17, 15) is 28.8 Å². The van der Waals surface area contributed by atoms with Crippen LogP contribution in [0.3, 0.4) is 0 Å². The Bertz CT molecular complexity index is 1490. The van der Waals surface area contributed by atoms with Crippen molar-refractivity contribution in [2.24, 2.45) is 0 Å². The van der Waals surface area contributed by atoms with Crippen LogP contribution in [-0.2, 0) is 28.7 Å². The van der Waals surface area contributed by atoms with Gasteiger partial charge in [0.15, 0.2) is 0 Å². The average molecular weight is 669 g/mol. The SMILES string of the molecule is CCOC(=O)C(CCC(C(=O)OCC)N1C(=O)S/C(=C\c2ccccc2OC)C1=O)N1C(=O)S/C(=C\c2ccccc2OC)C1=O. The lowest BCUT2D eigenvalue weighted by Gasteiger charge is -2.27. The van der Waals surface area contributed by atoms with Gasteiger partial charge in [-0.05, 0) is 74.5 Å². The lowest BCUT2D eigenvalue weighted by Crippen LogP contribution is -2.48. The fourth-order valence-corrected chi connectivity index (χ4v) is 6.58. The number of carbonyl (C=O) groups excluding carboxylic acids is 6. The summed E-state index contributed by atoms with van der Waals surface area (Å²) in [5.74, 6) is -2.28. The number of hydrogen-bond acceptors (Lipinski definition) is 12. The molecular weight excluding hydrogens is 636 g/mol. The molecule has 0 spiro atoms. The van der Waals surface area contributed by atoms with Gasteiger partial charge in [0.1, 0.15) is 23.6 Å². The second-order valence-electron chi connectivity index (χ2n) is 9.70. The molecule has 0 aromatic heterocycles. The first-order chi connectivity index (χ1) is 22.1. The minimum atomic E-state index is -1.45. The van der Waals surface area contributed by atoms with Crippen molar-refractivity contribution in [1.29, 1.82) is 0 Å². The molecule has 2 heterocycles. The molecular formula is C32H32N2O10S2. The zero-order valence-corrected chi connectivity index (χ0v) is 27.2. The molecule has 2 fully saturated rings. The first-order valence-corrected chi connectivity index (χ1v) is 15.9. The van der Waals surface area contributed by atoms with Gasteiger partial charge in [0.2, 0.25) is 0 Å². The summed E-state index contributed by atoms with van der Waals surface area (Å²) in [6.45, 7) is 3.06. The Hall–Kier alpha value is -4.56. The van der Waals surface area contributed by atoms with Gasteiger partial charge in [0.25, 0.3) is 22.3 Å². The predicted octanol–water partition coefficient (Wildman–Crippen LogP) is 5.12. The van der Waals surface area contributed by atoms with E-state index in [1.54, 1.807) is 62.4 Å². The van der Waals surface area contributed by atoms with Crippen LogP contribution in [0.5, 0.6) is 11.5 Å². The molecule has 2 saturated heterocycles. The topological polar surface area (TPSA) is 146 Å². The number of ether oxygens (including phenoxy) is 4. The van der Waals surface area contributed by atoms with E-state index in [-0.39, 0.29) is 35.9 Å². The van der Waals surface area contributed by atoms with Crippen molar-refractivity contribution in [3.8, 4) is 11.5 Å². The zero-order valence-electron chi connectivity index (χ0n) is 25.6. The van der Waals surface area contributed by atoms with E-state index in [2.05, 4.69) is 0 Å². The minimum absolute atomic E-state index is 0.0409. The normalized spacial score (nSPS) is 17.9. The first kappa shape index (κ1) is 34.3. The minimum Gasteiger partial charge on any atom is -0.496 e. The molecule has 0 N–H and O–H groups in total. The zero-order chi connectivity index (χ0) is 33.4. The molecule has 2 aromatic carbocycles. The monoisotopic (exact) mass is 668 g/mol. The molecule has 14 heteroatoms. The van der Waals surface area contributed by atoms with E-state index < -0.39 is 46.3 Å². The second kappa shape index (κ2) is 15.6. The van der Waals surface area contributed by atoms with Gasteiger partial charge in [-0.2, -0.15) is 0 Å². The molecule has 2 atom stereocenters. The number of thioether (sulfide) groups is 2. The highest BCUT2D eigenvalue weighted by atomic mass is 32.2. The van der Waals surface area contributed by atoms with Crippen molar-refractivity contribution in [3.05, 3.63) is 69.5 Å². The van der Waals surface area contributed by atoms with Gasteiger partial charge in [-0.25, -0.2) is 9.59 Å². The van der Waals surface area contributed by atoms with Crippen LogP contribution < -0.4 is 9.47 Å². The van der Waals surface area contributed by atoms with Crippen molar-refractivity contribution in [2.75, 3.05) is 27.4 Å². The van der Waals surface area contributed by atoms with Gasteiger partial charge >= 0.3 is 11.9 Å². The van der Waals surface area contributed by atoms with E-state index in [1.807, 2.05) is 0 Å². The standard InChI is InChI=1S/C32H32N2O10S2/c1-5-43-29(37)21(33-27(35)25(45-31(33)39)17-19-11-7-9-13-23(19)41-3)15-16-22(30(38)44-6-2)34-28(36)26(46-32(34)40)18-20-12-8-10-14-24(20)42-4/h7-14,17-18,21-22H,5-6,15-16H2,1-4H3/b25-17-,26-18-. The Balaban J connectivity index is 1.63. The molecule has 242 valence electrons. The van der Waals surface area contributed by atoms with E-state index in [4.69, 9.17) is 18.9 Å². The summed E-state index contributed by atoms with van der Waals surface area (Å²) >= 11 is 1.28. The van der Waals surface area contributed by atoms with Crippen LogP contribution >= 0.6 is 23.5 Å². The van der Waals surface area contributed by atoms with E-state index in [0.717, 1.165) is 9.80 Å². The fraction of sp³-hybridized carbons (Fsp3) is 0.312. The third-order valence-corrected chi connectivity index (χ3v) is 8.72. The van der Waals surface area contributed by atoms with Gasteiger partial charge in [0, 0.05) is 11.1 Å². The number of benzene rings is 2. The first-order valence-electron chi connectivity index (χ1n) is 14.3. The molecule has 0 aliphatic carbocycles. The van der Waals surface area contributed by atoms with Gasteiger partial charge < -0.3 is 18.9 Å². The number of methoxy groups -OCH3 is 2. The summed E-state index contributed by atoms with van der Waals surface area (Å²) < 4.78 is 21.1. The van der Waals surface area contributed by atoms with Crippen LogP contribution in [-0.4, -0.2) is 83.5 Å². The highest BCUT2D eigenvalue weighted by molar-refractivity contribution is 8.18. The molecule has 12 nitrogen and oxygen atoms in total. The third-order valence-electron chi connectivity index (χ3n) is 6.95. The maximum Gasteiger partial charge on any atom is 0.329 e. The Morgan fingerprint density at radius 2 is 1.04 bits per heavy atom. The van der Waals surface area contributed by atoms with Crippen molar-refractivity contribution < 1.29 is 47.7 Å². The predicted molar refractivity (Wildman–Crippen MR) is 172 cm³/mol. The van der Waals surface area contributed by atoms with Crippen molar-refractivity contribution in [3.63, 3.8) is 0 Å². The van der Waals surface area contributed by atoms with Gasteiger partial charge in [-0.15, -0.1) is 0 Å². The molecule has 4 rings (SSSR count). The maximum atomic E-state index is 13.5. The quantitative estimate of drug-likeness (QED) is 0.206. The number of esters is 2. The number of nitrogens with zero attached hydrogens (tertiary/aromatic N) is 2. The molecule has 2 aromatic rings. The van der Waals surface area contributed by atoms with Crippen LogP contribution in [0.1, 0.15) is 37.8 Å². The second-order valence-corrected chi connectivity index (χ2v) is 11.7. The molecule has 0 saturated carbocycles. The lowest BCUT2D eigenvalue weighted by atomic mass is 10.0.